The molecule has 136 valence electrons. The summed E-state index contributed by atoms with van der Waals surface area (Å²) in [5.41, 5.74) is 8.30. The van der Waals surface area contributed by atoms with Gasteiger partial charge in [-0.3, -0.25) is 0 Å². The van der Waals surface area contributed by atoms with Gasteiger partial charge in [0.05, 0.1) is 0 Å². The number of aryl methyl sites for hydroxylation is 2. The number of aromatic nitrogens is 1. The highest BCUT2D eigenvalue weighted by atomic mass is 15.1. The molecule has 0 atom stereocenters. The fraction of sp³-hybridized carbons (Fsp3) is 0.120. The first-order valence-electron chi connectivity index (χ1n) is 9.16. The monoisotopic (exact) mass is 354 g/mol. The summed E-state index contributed by atoms with van der Waals surface area (Å²) in [7, 11) is 0. The Balaban J connectivity index is 1.97. The summed E-state index contributed by atoms with van der Waals surface area (Å²) >= 11 is 0. The summed E-state index contributed by atoms with van der Waals surface area (Å²) < 4.78 is 0. The van der Waals surface area contributed by atoms with Crippen molar-refractivity contribution in [2.24, 2.45) is 0 Å². The van der Waals surface area contributed by atoms with E-state index in [4.69, 9.17) is 0 Å². The Hall–Kier alpha value is -3.26. The van der Waals surface area contributed by atoms with Crippen molar-refractivity contribution in [3.05, 3.63) is 109 Å². The minimum Gasteiger partial charge on any atom is -0.365 e. The molecule has 0 spiro atoms. The summed E-state index contributed by atoms with van der Waals surface area (Å²) in [5, 5.41) is 0. The van der Waals surface area contributed by atoms with E-state index in [-0.39, 0.29) is 0 Å². The highest BCUT2D eigenvalue weighted by molar-refractivity contribution is 5.72. The van der Waals surface area contributed by atoms with Crippen molar-refractivity contribution < 1.29 is 0 Å². The molecule has 3 aromatic rings. The Labute approximate surface area is 162 Å². The molecule has 0 bridgehead atoms. The standard InChI is InChI=1S/C25H26N2/c1-5-6-19(2)16-18-27(23-11-7-20(3)8-12-23)24-13-9-22(10-14-24)25-15-17-26-21(25)4/h5-18,26H,1H2,2-4H3/b18-16-,19-6-. The Morgan fingerprint density at radius 2 is 1.56 bits per heavy atom. The zero-order valence-corrected chi connectivity index (χ0v) is 16.2. The van der Waals surface area contributed by atoms with E-state index in [2.05, 4.69) is 104 Å². The predicted molar refractivity (Wildman–Crippen MR) is 117 cm³/mol. The van der Waals surface area contributed by atoms with Crippen molar-refractivity contribution in [2.75, 3.05) is 4.90 Å². The summed E-state index contributed by atoms with van der Waals surface area (Å²) in [6.45, 7) is 10.0. The van der Waals surface area contributed by atoms with Gasteiger partial charge in [0, 0.05) is 35.0 Å². The molecule has 0 aliphatic heterocycles. The second-order valence-electron chi connectivity index (χ2n) is 6.73. The Morgan fingerprint density at radius 3 is 2.11 bits per heavy atom. The van der Waals surface area contributed by atoms with Crippen molar-refractivity contribution in [3.8, 4) is 11.1 Å². The minimum absolute atomic E-state index is 1.12. The number of anilines is 2. The average molecular weight is 354 g/mol. The highest BCUT2D eigenvalue weighted by Crippen LogP contribution is 2.30. The molecule has 2 heteroatoms. The van der Waals surface area contributed by atoms with Crippen LogP contribution in [0.3, 0.4) is 0 Å². The molecule has 0 saturated heterocycles. The van der Waals surface area contributed by atoms with Crippen LogP contribution in [0.15, 0.2) is 97.4 Å². The first kappa shape index (κ1) is 18.5. The fourth-order valence-corrected chi connectivity index (χ4v) is 3.03. The number of aromatic amines is 1. The third-order valence-electron chi connectivity index (χ3n) is 4.59. The van der Waals surface area contributed by atoms with Crippen LogP contribution < -0.4 is 4.90 Å². The maximum atomic E-state index is 3.77. The molecular weight excluding hydrogens is 328 g/mol. The second-order valence-corrected chi connectivity index (χ2v) is 6.73. The van der Waals surface area contributed by atoms with Crippen molar-refractivity contribution in [1.29, 1.82) is 0 Å². The summed E-state index contributed by atoms with van der Waals surface area (Å²) in [6, 6.07) is 19.4. The molecular formula is C25H26N2. The topological polar surface area (TPSA) is 19.0 Å². The van der Waals surface area contributed by atoms with Crippen molar-refractivity contribution >= 4 is 11.4 Å². The van der Waals surface area contributed by atoms with Gasteiger partial charge in [-0.2, -0.15) is 0 Å². The molecule has 3 rings (SSSR count). The number of nitrogens with zero attached hydrogens (tertiary/aromatic N) is 1. The predicted octanol–water partition coefficient (Wildman–Crippen LogP) is 7.08. The van der Waals surface area contributed by atoms with Gasteiger partial charge in [0.2, 0.25) is 0 Å². The van der Waals surface area contributed by atoms with Gasteiger partial charge in [0.25, 0.3) is 0 Å². The smallest absolute Gasteiger partial charge is 0.0455 e. The van der Waals surface area contributed by atoms with Crippen LogP contribution >= 0.6 is 0 Å². The SMILES string of the molecule is C=C/C=C(C)\C=C/N(c1ccc(C)cc1)c1ccc(-c2cc[nH]c2C)cc1. The molecule has 2 aromatic carbocycles. The average Bonchev–Trinajstić information content (AvgIpc) is 3.10. The first-order chi connectivity index (χ1) is 13.1. The van der Waals surface area contributed by atoms with Gasteiger partial charge in [0.1, 0.15) is 0 Å². The molecule has 2 nitrogen and oxygen atoms in total. The number of H-pyrrole nitrogens is 1. The van der Waals surface area contributed by atoms with Gasteiger partial charge in [-0.15, -0.1) is 0 Å². The van der Waals surface area contributed by atoms with Crippen molar-refractivity contribution in [2.45, 2.75) is 20.8 Å². The van der Waals surface area contributed by atoms with Crippen LogP contribution in [0.2, 0.25) is 0 Å². The van der Waals surface area contributed by atoms with Crippen LogP contribution in [0, 0.1) is 13.8 Å². The number of nitrogens with one attached hydrogen (secondary N) is 1. The van der Waals surface area contributed by atoms with E-state index >= 15 is 0 Å². The fourth-order valence-electron chi connectivity index (χ4n) is 3.03. The Kier molecular flexibility index (Phi) is 5.77. The molecule has 0 fully saturated rings. The molecule has 1 heterocycles. The molecule has 0 radical (unpaired) electrons. The molecule has 0 aliphatic carbocycles. The molecule has 1 aromatic heterocycles. The Morgan fingerprint density at radius 1 is 0.926 bits per heavy atom. The van der Waals surface area contributed by atoms with Crippen LogP contribution in [0.1, 0.15) is 18.2 Å². The summed E-state index contributed by atoms with van der Waals surface area (Å²) in [4.78, 5) is 5.45. The quantitative estimate of drug-likeness (QED) is 0.468. The van der Waals surface area contributed by atoms with E-state index in [9.17, 15) is 0 Å². The number of benzene rings is 2. The first-order valence-corrected chi connectivity index (χ1v) is 9.16. The van der Waals surface area contributed by atoms with Gasteiger partial charge in [-0.1, -0.05) is 48.6 Å². The summed E-state index contributed by atoms with van der Waals surface area (Å²) in [5.74, 6) is 0. The van der Waals surface area contributed by atoms with E-state index in [1.165, 1.54) is 22.4 Å². The van der Waals surface area contributed by atoms with Gasteiger partial charge in [-0.25, -0.2) is 0 Å². The number of allylic oxidation sites excluding steroid dienone is 4. The van der Waals surface area contributed by atoms with E-state index in [0.717, 1.165) is 16.9 Å². The van der Waals surface area contributed by atoms with Crippen LogP contribution in [0.25, 0.3) is 11.1 Å². The number of hydrogen-bond donors (Lipinski definition) is 1. The van der Waals surface area contributed by atoms with Crippen LogP contribution in [0.5, 0.6) is 0 Å². The van der Waals surface area contributed by atoms with Crippen LogP contribution in [-0.2, 0) is 0 Å². The molecule has 0 unspecified atom stereocenters. The largest absolute Gasteiger partial charge is 0.365 e. The number of hydrogen-bond acceptors (Lipinski definition) is 1. The lowest BCUT2D eigenvalue weighted by Crippen LogP contribution is -2.08. The lowest BCUT2D eigenvalue weighted by atomic mass is 10.1. The molecule has 0 amide bonds. The Bertz CT molecular complexity index is 954. The van der Waals surface area contributed by atoms with Gasteiger partial charge < -0.3 is 9.88 Å². The van der Waals surface area contributed by atoms with Crippen LogP contribution in [-0.4, -0.2) is 4.98 Å². The van der Waals surface area contributed by atoms with E-state index < -0.39 is 0 Å². The van der Waals surface area contributed by atoms with E-state index in [1.807, 2.05) is 18.3 Å². The molecule has 27 heavy (non-hydrogen) atoms. The normalized spacial score (nSPS) is 11.7. The van der Waals surface area contributed by atoms with Gasteiger partial charge in [0.15, 0.2) is 0 Å². The minimum atomic E-state index is 1.12. The van der Waals surface area contributed by atoms with E-state index in [0.29, 0.717) is 0 Å². The van der Waals surface area contributed by atoms with Crippen molar-refractivity contribution in [1.82, 2.24) is 4.98 Å². The molecule has 1 N–H and O–H groups in total. The third-order valence-corrected chi connectivity index (χ3v) is 4.59. The third kappa shape index (κ3) is 4.48. The lowest BCUT2D eigenvalue weighted by molar-refractivity contribution is 1.26. The lowest BCUT2D eigenvalue weighted by Gasteiger charge is -2.21. The zero-order chi connectivity index (χ0) is 19.2. The second kappa shape index (κ2) is 8.41. The molecule has 0 saturated carbocycles. The number of rotatable bonds is 6. The maximum absolute atomic E-state index is 3.77. The molecule has 0 aliphatic rings. The van der Waals surface area contributed by atoms with E-state index in [1.54, 1.807) is 0 Å². The summed E-state index contributed by atoms with van der Waals surface area (Å²) in [6.07, 6.45) is 10.0. The zero-order valence-electron chi connectivity index (χ0n) is 16.2. The van der Waals surface area contributed by atoms with Crippen LogP contribution in [0.4, 0.5) is 11.4 Å². The highest BCUT2D eigenvalue weighted by Gasteiger charge is 2.08. The maximum Gasteiger partial charge on any atom is 0.0455 e. The van der Waals surface area contributed by atoms with Gasteiger partial charge >= 0.3 is 0 Å². The van der Waals surface area contributed by atoms with Gasteiger partial charge in [-0.05, 0) is 68.3 Å². The van der Waals surface area contributed by atoms with Crippen molar-refractivity contribution in [3.63, 3.8) is 0 Å².